The van der Waals surface area contributed by atoms with E-state index in [4.69, 9.17) is 4.74 Å². The van der Waals surface area contributed by atoms with Crippen LogP contribution >= 0.6 is 0 Å². The Bertz CT molecular complexity index is 754. The van der Waals surface area contributed by atoms with Crippen molar-refractivity contribution in [2.45, 2.75) is 31.3 Å². The van der Waals surface area contributed by atoms with Gasteiger partial charge in [-0.3, -0.25) is 14.5 Å². The van der Waals surface area contributed by atoms with Crippen LogP contribution in [0.3, 0.4) is 0 Å². The van der Waals surface area contributed by atoms with Crippen molar-refractivity contribution in [2.24, 2.45) is 0 Å². The third-order valence-corrected chi connectivity index (χ3v) is 6.17. The van der Waals surface area contributed by atoms with Gasteiger partial charge in [0.2, 0.25) is 5.91 Å². The predicted molar refractivity (Wildman–Crippen MR) is 108 cm³/mol. The Kier molecular flexibility index (Phi) is 5.90. The van der Waals surface area contributed by atoms with Crippen LogP contribution < -0.4 is 5.32 Å². The number of rotatable bonds is 5. The molecule has 2 fully saturated rings. The maximum atomic E-state index is 12.8. The molecule has 6 nitrogen and oxygen atoms in total. The van der Waals surface area contributed by atoms with Crippen molar-refractivity contribution in [3.8, 4) is 0 Å². The van der Waals surface area contributed by atoms with Gasteiger partial charge in [0.05, 0.1) is 31.7 Å². The number of carbonyl (C=O) groups is 2. The van der Waals surface area contributed by atoms with Crippen molar-refractivity contribution in [3.63, 3.8) is 0 Å². The zero-order valence-electron chi connectivity index (χ0n) is 16.5. The molecule has 2 aliphatic heterocycles. The highest BCUT2D eigenvalue weighted by atomic mass is 16.5. The second-order valence-electron chi connectivity index (χ2n) is 8.04. The van der Waals surface area contributed by atoms with Gasteiger partial charge in [0.25, 0.3) is 0 Å². The standard InChI is InChI=1S/C22H29N3O3/c1-24-9-11-25(12-10-24)20-15-28-14-19(20)23-22(27)13-18-17(7-8-21(18)26)16-5-3-2-4-6-16/h2-6,19-20H,7-15H2,1H3,(H,23,27)/t19-,20-/m0/s1. The molecule has 2 atom stereocenters. The molecule has 1 N–H and O–H groups in total. The summed E-state index contributed by atoms with van der Waals surface area (Å²) in [6, 6.07) is 10.2. The number of allylic oxidation sites excluding steroid dienone is 1. The van der Waals surface area contributed by atoms with E-state index in [1.165, 1.54) is 0 Å². The molecule has 28 heavy (non-hydrogen) atoms. The van der Waals surface area contributed by atoms with Crippen molar-refractivity contribution >= 4 is 17.3 Å². The first-order chi connectivity index (χ1) is 13.6. The molecule has 150 valence electrons. The number of Topliss-reactive ketones (excluding diaryl/α,β-unsaturated/α-hetero) is 1. The monoisotopic (exact) mass is 383 g/mol. The third kappa shape index (κ3) is 4.19. The van der Waals surface area contributed by atoms with E-state index in [0.29, 0.717) is 25.2 Å². The van der Waals surface area contributed by atoms with E-state index in [-0.39, 0.29) is 30.2 Å². The normalized spacial score (nSPS) is 26.8. The van der Waals surface area contributed by atoms with E-state index < -0.39 is 0 Å². The summed E-state index contributed by atoms with van der Waals surface area (Å²) in [4.78, 5) is 29.9. The Morgan fingerprint density at radius 3 is 2.61 bits per heavy atom. The highest BCUT2D eigenvalue weighted by Crippen LogP contribution is 2.33. The second kappa shape index (κ2) is 8.55. The van der Waals surface area contributed by atoms with E-state index in [1.54, 1.807) is 0 Å². The molecule has 0 saturated carbocycles. The van der Waals surface area contributed by atoms with Crippen LogP contribution in [0.1, 0.15) is 24.8 Å². The number of nitrogens with one attached hydrogen (secondary N) is 1. The van der Waals surface area contributed by atoms with Gasteiger partial charge in [0.15, 0.2) is 5.78 Å². The summed E-state index contributed by atoms with van der Waals surface area (Å²) in [5.41, 5.74) is 2.76. The third-order valence-electron chi connectivity index (χ3n) is 6.17. The van der Waals surface area contributed by atoms with E-state index in [0.717, 1.165) is 43.7 Å². The summed E-state index contributed by atoms with van der Waals surface area (Å²) >= 11 is 0. The maximum absolute atomic E-state index is 12.8. The average Bonchev–Trinajstić information content (AvgIpc) is 3.30. The Hall–Kier alpha value is -2.02. The van der Waals surface area contributed by atoms with E-state index in [2.05, 4.69) is 22.2 Å². The molecule has 0 aromatic heterocycles. The summed E-state index contributed by atoms with van der Waals surface area (Å²) in [6.45, 7) is 5.28. The number of hydrogen-bond donors (Lipinski definition) is 1. The number of piperazine rings is 1. The van der Waals surface area contributed by atoms with E-state index >= 15 is 0 Å². The molecule has 0 bridgehead atoms. The number of likely N-dealkylation sites (N-methyl/N-ethyl adjacent to an activating group) is 1. The molecule has 1 aliphatic carbocycles. The van der Waals surface area contributed by atoms with Crippen molar-refractivity contribution in [3.05, 3.63) is 41.5 Å². The number of carbonyl (C=O) groups excluding carboxylic acids is 2. The summed E-state index contributed by atoms with van der Waals surface area (Å²) in [5.74, 6) is 0.0283. The van der Waals surface area contributed by atoms with Gasteiger partial charge >= 0.3 is 0 Å². The van der Waals surface area contributed by atoms with Gasteiger partial charge in [-0.2, -0.15) is 0 Å². The lowest BCUT2D eigenvalue weighted by Gasteiger charge is -2.38. The summed E-state index contributed by atoms with van der Waals surface area (Å²) in [5, 5.41) is 3.15. The zero-order valence-corrected chi connectivity index (χ0v) is 16.5. The van der Waals surface area contributed by atoms with Crippen LogP contribution in [-0.4, -0.2) is 80.0 Å². The molecule has 2 saturated heterocycles. The summed E-state index contributed by atoms with van der Waals surface area (Å²) < 4.78 is 5.68. The van der Waals surface area contributed by atoms with Crippen LogP contribution in [0.15, 0.2) is 35.9 Å². The summed E-state index contributed by atoms with van der Waals surface area (Å²) in [7, 11) is 2.14. The number of benzene rings is 1. The molecule has 2 heterocycles. The lowest BCUT2D eigenvalue weighted by Crippen LogP contribution is -2.56. The van der Waals surface area contributed by atoms with Gasteiger partial charge in [0.1, 0.15) is 0 Å². The minimum absolute atomic E-state index is 0.00631. The first kappa shape index (κ1) is 19.3. The van der Waals surface area contributed by atoms with Gasteiger partial charge in [-0.15, -0.1) is 0 Å². The predicted octanol–water partition coefficient (Wildman–Crippen LogP) is 1.32. The molecule has 3 aliphatic rings. The fourth-order valence-electron chi connectivity index (χ4n) is 4.48. The van der Waals surface area contributed by atoms with Crippen molar-refractivity contribution in [2.75, 3.05) is 46.4 Å². The number of amides is 1. The maximum Gasteiger partial charge on any atom is 0.224 e. The van der Waals surface area contributed by atoms with E-state index in [9.17, 15) is 9.59 Å². The lowest BCUT2D eigenvalue weighted by molar-refractivity contribution is -0.123. The van der Waals surface area contributed by atoms with Gasteiger partial charge in [-0.05, 0) is 24.6 Å². The van der Waals surface area contributed by atoms with Crippen LogP contribution in [0.25, 0.3) is 5.57 Å². The topological polar surface area (TPSA) is 61.9 Å². The first-order valence-electron chi connectivity index (χ1n) is 10.2. The Morgan fingerprint density at radius 2 is 1.86 bits per heavy atom. The first-order valence-corrected chi connectivity index (χ1v) is 10.2. The highest BCUT2D eigenvalue weighted by Gasteiger charge is 2.36. The average molecular weight is 383 g/mol. The van der Waals surface area contributed by atoms with Crippen molar-refractivity contribution < 1.29 is 14.3 Å². The fraction of sp³-hybridized carbons (Fsp3) is 0.545. The Morgan fingerprint density at radius 1 is 1.11 bits per heavy atom. The van der Waals surface area contributed by atoms with Crippen molar-refractivity contribution in [1.82, 2.24) is 15.1 Å². The number of hydrogen-bond acceptors (Lipinski definition) is 5. The molecule has 1 amide bonds. The number of ketones is 1. The Balaban J connectivity index is 1.41. The van der Waals surface area contributed by atoms with Gasteiger partial charge in [-0.25, -0.2) is 0 Å². The van der Waals surface area contributed by atoms with Gasteiger partial charge in [-0.1, -0.05) is 30.3 Å². The molecular formula is C22H29N3O3. The molecular weight excluding hydrogens is 354 g/mol. The molecule has 1 aromatic rings. The molecule has 4 rings (SSSR count). The van der Waals surface area contributed by atoms with Gasteiger partial charge in [0, 0.05) is 38.2 Å². The lowest BCUT2D eigenvalue weighted by atomic mass is 9.99. The highest BCUT2D eigenvalue weighted by molar-refractivity contribution is 6.10. The minimum atomic E-state index is -0.0756. The largest absolute Gasteiger partial charge is 0.378 e. The van der Waals surface area contributed by atoms with Crippen LogP contribution in [0, 0.1) is 0 Å². The number of nitrogens with zero attached hydrogens (tertiary/aromatic N) is 2. The Labute approximate surface area is 166 Å². The molecule has 1 aromatic carbocycles. The molecule has 0 spiro atoms. The van der Waals surface area contributed by atoms with Gasteiger partial charge < -0.3 is 15.0 Å². The van der Waals surface area contributed by atoms with Crippen LogP contribution in [0.4, 0.5) is 0 Å². The zero-order chi connectivity index (χ0) is 19.5. The molecule has 6 heteroatoms. The smallest absolute Gasteiger partial charge is 0.224 e. The molecule has 0 radical (unpaired) electrons. The summed E-state index contributed by atoms with van der Waals surface area (Å²) in [6.07, 6.45) is 1.39. The van der Waals surface area contributed by atoms with Crippen LogP contribution in [-0.2, 0) is 14.3 Å². The molecule has 0 unspecified atom stereocenters. The minimum Gasteiger partial charge on any atom is -0.378 e. The van der Waals surface area contributed by atoms with E-state index in [1.807, 2.05) is 30.3 Å². The quantitative estimate of drug-likeness (QED) is 0.831. The number of ether oxygens (including phenoxy) is 1. The van der Waals surface area contributed by atoms with Crippen LogP contribution in [0.5, 0.6) is 0 Å². The van der Waals surface area contributed by atoms with Crippen LogP contribution in [0.2, 0.25) is 0 Å². The SMILES string of the molecule is CN1CCN([C@H]2COC[C@@H]2NC(=O)CC2=C(c3ccccc3)CCC2=O)CC1. The second-order valence-corrected chi connectivity index (χ2v) is 8.04. The fourth-order valence-corrected chi connectivity index (χ4v) is 4.48. The van der Waals surface area contributed by atoms with Crippen molar-refractivity contribution in [1.29, 1.82) is 0 Å².